The number of aryl methyl sites for hydroxylation is 1. The van der Waals surface area contributed by atoms with E-state index in [2.05, 4.69) is 5.32 Å². The first kappa shape index (κ1) is 12.2. The number of anilines is 2. The largest absolute Gasteiger partial charge is 0.326 e. The molecular formula is C15H18N2O2. The number of amides is 2. The minimum atomic E-state index is 0.0996. The molecule has 1 aliphatic heterocycles. The summed E-state index contributed by atoms with van der Waals surface area (Å²) in [6.07, 6.45) is 3.53. The summed E-state index contributed by atoms with van der Waals surface area (Å²) in [6.45, 7) is 2.77. The highest BCUT2D eigenvalue weighted by Crippen LogP contribution is 2.32. The molecule has 0 spiro atoms. The van der Waals surface area contributed by atoms with Crippen LogP contribution in [0.3, 0.4) is 0 Å². The maximum atomic E-state index is 11.8. The van der Waals surface area contributed by atoms with E-state index in [-0.39, 0.29) is 17.7 Å². The molecule has 2 aliphatic rings. The summed E-state index contributed by atoms with van der Waals surface area (Å²) in [4.78, 5) is 25.4. The molecule has 100 valence electrons. The lowest BCUT2D eigenvalue weighted by Gasteiger charge is -2.19. The maximum absolute atomic E-state index is 11.8. The standard InChI is InChI=1S/C15H18N2O2/c1-10-4-7-12(16-15(19)11-5-6-11)9-13(10)17-8-2-3-14(17)18/h4,7,9,11H,2-3,5-6,8H2,1H3,(H,16,19). The van der Waals surface area contributed by atoms with Crippen LogP contribution in [0.2, 0.25) is 0 Å². The first-order valence-corrected chi connectivity index (χ1v) is 6.87. The van der Waals surface area contributed by atoms with E-state index >= 15 is 0 Å². The monoisotopic (exact) mass is 258 g/mol. The quantitative estimate of drug-likeness (QED) is 0.905. The Morgan fingerprint density at radius 3 is 2.79 bits per heavy atom. The van der Waals surface area contributed by atoms with Crippen LogP contribution < -0.4 is 10.2 Å². The van der Waals surface area contributed by atoms with Crippen LogP contribution in [0.1, 0.15) is 31.2 Å². The second kappa shape index (κ2) is 4.68. The van der Waals surface area contributed by atoms with Gasteiger partial charge in [-0.2, -0.15) is 0 Å². The first-order valence-electron chi connectivity index (χ1n) is 6.87. The third kappa shape index (κ3) is 2.48. The summed E-state index contributed by atoms with van der Waals surface area (Å²) in [5.74, 6) is 0.467. The second-order valence-electron chi connectivity index (χ2n) is 5.41. The van der Waals surface area contributed by atoms with Gasteiger partial charge < -0.3 is 10.2 Å². The molecular weight excluding hydrogens is 240 g/mol. The molecule has 0 bridgehead atoms. The van der Waals surface area contributed by atoms with Crippen molar-refractivity contribution in [1.29, 1.82) is 0 Å². The number of nitrogens with one attached hydrogen (secondary N) is 1. The topological polar surface area (TPSA) is 49.4 Å². The predicted molar refractivity (Wildman–Crippen MR) is 74.1 cm³/mol. The van der Waals surface area contributed by atoms with E-state index in [1.165, 1.54) is 0 Å². The predicted octanol–water partition coefficient (Wildman–Crippen LogP) is 2.47. The van der Waals surface area contributed by atoms with E-state index in [9.17, 15) is 9.59 Å². The van der Waals surface area contributed by atoms with Crippen molar-refractivity contribution in [3.63, 3.8) is 0 Å². The van der Waals surface area contributed by atoms with Crippen molar-refractivity contribution in [2.75, 3.05) is 16.8 Å². The highest BCUT2D eigenvalue weighted by atomic mass is 16.2. The molecule has 1 saturated carbocycles. The number of carbonyl (C=O) groups is 2. The third-order valence-corrected chi connectivity index (χ3v) is 3.79. The Labute approximate surface area is 112 Å². The van der Waals surface area contributed by atoms with Crippen LogP contribution in [0.15, 0.2) is 18.2 Å². The van der Waals surface area contributed by atoms with E-state index in [0.717, 1.165) is 42.7 Å². The molecule has 1 heterocycles. The summed E-state index contributed by atoms with van der Waals surface area (Å²) in [5.41, 5.74) is 2.79. The van der Waals surface area contributed by atoms with Gasteiger partial charge in [0.2, 0.25) is 11.8 Å². The molecule has 1 aromatic rings. The molecule has 1 saturated heterocycles. The van der Waals surface area contributed by atoms with Gasteiger partial charge in [-0.25, -0.2) is 0 Å². The summed E-state index contributed by atoms with van der Waals surface area (Å²) in [7, 11) is 0. The number of rotatable bonds is 3. The maximum Gasteiger partial charge on any atom is 0.227 e. The van der Waals surface area contributed by atoms with Gasteiger partial charge in [-0.05, 0) is 43.9 Å². The Kier molecular flexibility index (Phi) is 3.01. The van der Waals surface area contributed by atoms with Crippen molar-refractivity contribution in [2.45, 2.75) is 32.6 Å². The number of carbonyl (C=O) groups excluding carboxylic acids is 2. The van der Waals surface area contributed by atoms with Crippen molar-refractivity contribution in [2.24, 2.45) is 5.92 Å². The zero-order valence-corrected chi connectivity index (χ0v) is 11.1. The summed E-state index contributed by atoms with van der Waals surface area (Å²) < 4.78 is 0. The van der Waals surface area contributed by atoms with Crippen molar-refractivity contribution in [3.05, 3.63) is 23.8 Å². The van der Waals surface area contributed by atoms with E-state index in [4.69, 9.17) is 0 Å². The summed E-state index contributed by atoms with van der Waals surface area (Å²) in [5, 5.41) is 2.93. The molecule has 1 aromatic carbocycles. The third-order valence-electron chi connectivity index (χ3n) is 3.79. The SMILES string of the molecule is Cc1ccc(NC(=O)C2CC2)cc1N1CCCC1=O. The van der Waals surface area contributed by atoms with Crippen molar-refractivity contribution >= 4 is 23.2 Å². The smallest absolute Gasteiger partial charge is 0.227 e. The lowest BCUT2D eigenvalue weighted by Crippen LogP contribution is -2.24. The average molecular weight is 258 g/mol. The second-order valence-corrected chi connectivity index (χ2v) is 5.41. The minimum absolute atomic E-state index is 0.0996. The Morgan fingerprint density at radius 1 is 1.37 bits per heavy atom. The normalized spacial score (nSPS) is 18.8. The summed E-state index contributed by atoms with van der Waals surface area (Å²) >= 11 is 0. The molecule has 0 unspecified atom stereocenters. The Balaban J connectivity index is 1.82. The Bertz CT molecular complexity index is 535. The number of benzene rings is 1. The van der Waals surface area contributed by atoms with Crippen LogP contribution in [0.4, 0.5) is 11.4 Å². The van der Waals surface area contributed by atoms with Gasteiger partial charge in [0.05, 0.1) is 0 Å². The van der Waals surface area contributed by atoms with Crippen LogP contribution in [0.25, 0.3) is 0 Å². The fourth-order valence-electron chi connectivity index (χ4n) is 2.47. The molecule has 4 nitrogen and oxygen atoms in total. The molecule has 2 amide bonds. The van der Waals surface area contributed by atoms with Gasteiger partial charge >= 0.3 is 0 Å². The van der Waals surface area contributed by atoms with Crippen molar-refractivity contribution in [1.82, 2.24) is 0 Å². The molecule has 3 rings (SSSR count). The van der Waals surface area contributed by atoms with Crippen LogP contribution in [-0.4, -0.2) is 18.4 Å². The lowest BCUT2D eigenvalue weighted by atomic mass is 10.1. The Hall–Kier alpha value is -1.84. The highest BCUT2D eigenvalue weighted by Gasteiger charge is 2.30. The van der Waals surface area contributed by atoms with Crippen LogP contribution >= 0.6 is 0 Å². The van der Waals surface area contributed by atoms with E-state index < -0.39 is 0 Å². The molecule has 1 N–H and O–H groups in total. The van der Waals surface area contributed by atoms with E-state index in [0.29, 0.717) is 6.42 Å². The zero-order chi connectivity index (χ0) is 13.4. The zero-order valence-electron chi connectivity index (χ0n) is 11.1. The number of nitrogens with zero attached hydrogens (tertiary/aromatic N) is 1. The van der Waals surface area contributed by atoms with E-state index in [1.54, 1.807) is 0 Å². The molecule has 4 heteroatoms. The van der Waals surface area contributed by atoms with Gasteiger partial charge in [-0.1, -0.05) is 6.07 Å². The number of hydrogen-bond donors (Lipinski definition) is 1. The molecule has 0 atom stereocenters. The van der Waals surface area contributed by atoms with Gasteiger partial charge in [0.1, 0.15) is 0 Å². The van der Waals surface area contributed by atoms with Crippen molar-refractivity contribution in [3.8, 4) is 0 Å². The molecule has 0 radical (unpaired) electrons. The average Bonchev–Trinajstić information content (AvgIpc) is 3.15. The lowest BCUT2D eigenvalue weighted by molar-refractivity contribution is -0.117. The highest BCUT2D eigenvalue weighted by molar-refractivity contribution is 5.98. The van der Waals surface area contributed by atoms with Gasteiger partial charge in [-0.15, -0.1) is 0 Å². The molecule has 1 aliphatic carbocycles. The van der Waals surface area contributed by atoms with Crippen LogP contribution in [-0.2, 0) is 9.59 Å². The van der Waals surface area contributed by atoms with Gasteiger partial charge in [0, 0.05) is 30.3 Å². The minimum Gasteiger partial charge on any atom is -0.326 e. The summed E-state index contributed by atoms with van der Waals surface area (Å²) in [6, 6.07) is 5.78. The fraction of sp³-hybridized carbons (Fsp3) is 0.467. The van der Waals surface area contributed by atoms with Crippen molar-refractivity contribution < 1.29 is 9.59 Å². The molecule has 2 fully saturated rings. The Morgan fingerprint density at radius 2 is 2.16 bits per heavy atom. The number of hydrogen-bond acceptors (Lipinski definition) is 2. The van der Waals surface area contributed by atoms with E-state index in [1.807, 2.05) is 30.0 Å². The van der Waals surface area contributed by atoms with Crippen LogP contribution in [0, 0.1) is 12.8 Å². The first-order chi connectivity index (χ1) is 9.15. The molecule has 0 aromatic heterocycles. The van der Waals surface area contributed by atoms with Crippen LogP contribution in [0.5, 0.6) is 0 Å². The van der Waals surface area contributed by atoms with Gasteiger partial charge in [0.15, 0.2) is 0 Å². The van der Waals surface area contributed by atoms with Gasteiger partial charge in [0.25, 0.3) is 0 Å². The molecule has 19 heavy (non-hydrogen) atoms. The fourth-order valence-corrected chi connectivity index (χ4v) is 2.47. The van der Waals surface area contributed by atoms with Gasteiger partial charge in [-0.3, -0.25) is 9.59 Å².